The maximum atomic E-state index is 12.5. The molecule has 1 fully saturated rings. The fourth-order valence-electron chi connectivity index (χ4n) is 4.28. The van der Waals surface area contributed by atoms with Crippen LogP contribution in [0.4, 0.5) is 23.1 Å². The van der Waals surface area contributed by atoms with E-state index in [2.05, 4.69) is 25.3 Å². The zero-order chi connectivity index (χ0) is 22.2. The van der Waals surface area contributed by atoms with Crippen LogP contribution in [0.25, 0.3) is 0 Å². The van der Waals surface area contributed by atoms with Gasteiger partial charge in [0.05, 0.1) is 29.4 Å². The molecule has 0 aliphatic carbocycles. The largest absolute Gasteiger partial charge is 0.350 e. The Kier molecular flexibility index (Phi) is 4.92. The molecule has 0 saturated carbocycles. The first-order valence-corrected chi connectivity index (χ1v) is 10.4. The molecule has 2 aliphatic rings. The normalized spacial score (nSPS) is 17.3. The average molecular weight is 434 g/mol. The number of hydrogen-bond acceptors (Lipinski definition) is 8. The van der Waals surface area contributed by atoms with E-state index in [0.29, 0.717) is 24.6 Å². The first-order valence-electron chi connectivity index (χ1n) is 10.4. The van der Waals surface area contributed by atoms with Crippen LogP contribution in [0.1, 0.15) is 24.0 Å². The van der Waals surface area contributed by atoms with Crippen LogP contribution in [-0.4, -0.2) is 50.2 Å². The zero-order valence-electron chi connectivity index (χ0n) is 17.5. The summed E-state index contributed by atoms with van der Waals surface area (Å²) in [5.41, 5.74) is 2.29. The molecule has 1 atom stereocenters. The SMILES string of the molecule is CN1C(=O)[C@@H]2CCCN2c2nc(NCc3cnn(Cc4ccccc4[N+](=O)[O-])c3)ncc21. The lowest BCUT2D eigenvalue weighted by atomic mass is 10.1. The molecule has 164 valence electrons. The van der Waals surface area contributed by atoms with Gasteiger partial charge in [-0.05, 0) is 12.8 Å². The second-order valence-electron chi connectivity index (χ2n) is 7.94. The third kappa shape index (κ3) is 3.51. The number of nitrogens with zero attached hydrogens (tertiary/aromatic N) is 7. The van der Waals surface area contributed by atoms with Crippen molar-refractivity contribution in [2.24, 2.45) is 0 Å². The van der Waals surface area contributed by atoms with Gasteiger partial charge in [-0.25, -0.2) is 4.98 Å². The number of hydrogen-bond donors (Lipinski definition) is 1. The quantitative estimate of drug-likeness (QED) is 0.463. The predicted molar refractivity (Wildman–Crippen MR) is 118 cm³/mol. The van der Waals surface area contributed by atoms with Crippen molar-refractivity contribution in [3.63, 3.8) is 0 Å². The smallest absolute Gasteiger partial charge is 0.274 e. The van der Waals surface area contributed by atoms with E-state index in [1.165, 1.54) is 6.07 Å². The third-order valence-corrected chi connectivity index (χ3v) is 5.91. The van der Waals surface area contributed by atoms with Gasteiger partial charge in [0.1, 0.15) is 11.7 Å². The van der Waals surface area contributed by atoms with Crippen LogP contribution in [-0.2, 0) is 17.9 Å². The van der Waals surface area contributed by atoms with Gasteiger partial charge in [0.15, 0.2) is 5.82 Å². The van der Waals surface area contributed by atoms with Gasteiger partial charge in [-0.3, -0.25) is 19.6 Å². The summed E-state index contributed by atoms with van der Waals surface area (Å²) in [7, 11) is 1.76. The number of nitro groups is 1. The molecule has 0 spiro atoms. The van der Waals surface area contributed by atoms with E-state index in [-0.39, 0.29) is 22.6 Å². The lowest BCUT2D eigenvalue weighted by Gasteiger charge is -2.36. The van der Waals surface area contributed by atoms with E-state index in [1.54, 1.807) is 47.2 Å². The number of rotatable bonds is 6. The molecule has 0 bridgehead atoms. The number of para-hydroxylation sites is 1. The molecule has 1 aromatic carbocycles. The summed E-state index contributed by atoms with van der Waals surface area (Å²) in [6.45, 7) is 1.57. The van der Waals surface area contributed by atoms with Gasteiger partial charge in [-0.2, -0.15) is 10.1 Å². The number of likely N-dealkylation sites (N-methyl/N-ethyl adjacent to an activating group) is 1. The zero-order valence-corrected chi connectivity index (χ0v) is 17.5. The summed E-state index contributed by atoms with van der Waals surface area (Å²) in [6.07, 6.45) is 7.03. The highest BCUT2D eigenvalue weighted by molar-refractivity contribution is 6.04. The lowest BCUT2D eigenvalue weighted by Crippen LogP contribution is -2.49. The minimum atomic E-state index is -0.384. The number of aromatic nitrogens is 4. The molecule has 1 amide bonds. The highest BCUT2D eigenvalue weighted by Gasteiger charge is 2.40. The molecule has 32 heavy (non-hydrogen) atoms. The van der Waals surface area contributed by atoms with E-state index in [0.717, 1.165) is 36.5 Å². The lowest BCUT2D eigenvalue weighted by molar-refractivity contribution is -0.385. The minimum absolute atomic E-state index is 0.0776. The van der Waals surface area contributed by atoms with E-state index >= 15 is 0 Å². The molecule has 11 nitrogen and oxygen atoms in total. The molecular weight excluding hydrogens is 412 g/mol. The minimum Gasteiger partial charge on any atom is -0.350 e. The molecule has 0 radical (unpaired) electrons. The van der Waals surface area contributed by atoms with Gasteiger partial charge in [-0.1, -0.05) is 18.2 Å². The van der Waals surface area contributed by atoms with Gasteiger partial charge >= 0.3 is 0 Å². The Hall–Kier alpha value is -4.02. The molecule has 11 heteroatoms. The Bertz CT molecular complexity index is 1190. The molecule has 0 unspecified atom stereocenters. The van der Waals surface area contributed by atoms with Crippen molar-refractivity contribution >= 4 is 29.0 Å². The molecule has 4 heterocycles. The average Bonchev–Trinajstić information content (AvgIpc) is 3.46. The fourth-order valence-corrected chi connectivity index (χ4v) is 4.28. The third-order valence-electron chi connectivity index (χ3n) is 5.91. The Balaban J connectivity index is 1.29. The Labute approximate surface area is 183 Å². The number of fused-ring (bicyclic) bond motifs is 3. The van der Waals surface area contributed by atoms with Crippen molar-refractivity contribution in [3.8, 4) is 0 Å². The fraction of sp³-hybridized carbons (Fsp3) is 0.333. The first-order chi connectivity index (χ1) is 15.5. The number of amides is 1. The summed E-state index contributed by atoms with van der Waals surface area (Å²) in [5.74, 6) is 1.34. The van der Waals surface area contributed by atoms with Crippen molar-refractivity contribution in [1.29, 1.82) is 0 Å². The monoisotopic (exact) mass is 434 g/mol. The Morgan fingerprint density at radius 3 is 2.97 bits per heavy atom. The predicted octanol–water partition coefficient (Wildman–Crippen LogP) is 2.19. The first kappa shape index (κ1) is 19.9. The maximum absolute atomic E-state index is 12.5. The van der Waals surface area contributed by atoms with Crippen LogP contribution in [0.2, 0.25) is 0 Å². The molecule has 5 rings (SSSR count). The van der Waals surface area contributed by atoms with Crippen LogP contribution in [0, 0.1) is 10.1 Å². The van der Waals surface area contributed by atoms with Crippen molar-refractivity contribution in [3.05, 3.63) is 64.1 Å². The van der Waals surface area contributed by atoms with Crippen molar-refractivity contribution in [2.45, 2.75) is 32.0 Å². The summed E-state index contributed by atoms with van der Waals surface area (Å²) in [6, 6.07) is 6.50. The highest BCUT2D eigenvalue weighted by Crippen LogP contribution is 2.37. The van der Waals surface area contributed by atoms with Crippen molar-refractivity contribution in [2.75, 3.05) is 28.7 Å². The number of anilines is 3. The van der Waals surface area contributed by atoms with Gasteiger partial charge in [0.2, 0.25) is 11.9 Å². The molecular formula is C21H22N8O3. The topological polar surface area (TPSA) is 122 Å². The Morgan fingerprint density at radius 1 is 1.28 bits per heavy atom. The molecule has 2 aliphatic heterocycles. The van der Waals surface area contributed by atoms with Crippen molar-refractivity contribution in [1.82, 2.24) is 19.7 Å². The summed E-state index contributed by atoms with van der Waals surface area (Å²) < 4.78 is 1.67. The highest BCUT2D eigenvalue weighted by atomic mass is 16.6. The number of carbonyl (C=O) groups excluding carboxylic acids is 1. The standard InChI is InChI=1S/C21H22N8O3/c1-26-18-11-23-21(25-19(18)28-8-4-7-17(28)20(26)30)22-9-14-10-24-27(12-14)13-15-5-2-3-6-16(15)29(31)32/h2-3,5-6,10-12,17H,4,7-9,13H2,1H3,(H,22,23,25)/t17-/m0/s1. The molecule has 1 N–H and O–H groups in total. The van der Waals surface area contributed by atoms with E-state index in [4.69, 9.17) is 0 Å². The van der Waals surface area contributed by atoms with E-state index in [9.17, 15) is 14.9 Å². The second kappa shape index (κ2) is 7.91. The maximum Gasteiger partial charge on any atom is 0.274 e. The summed E-state index contributed by atoms with van der Waals surface area (Å²) in [5, 5.41) is 18.7. The molecule has 2 aromatic heterocycles. The van der Waals surface area contributed by atoms with Gasteiger partial charge in [-0.15, -0.1) is 0 Å². The van der Waals surface area contributed by atoms with Crippen LogP contribution >= 0.6 is 0 Å². The van der Waals surface area contributed by atoms with Gasteiger partial charge in [0.25, 0.3) is 5.69 Å². The van der Waals surface area contributed by atoms with Crippen molar-refractivity contribution < 1.29 is 9.72 Å². The van der Waals surface area contributed by atoms with Crippen LogP contribution < -0.4 is 15.1 Å². The number of benzene rings is 1. The van der Waals surface area contributed by atoms with E-state index < -0.39 is 0 Å². The summed E-state index contributed by atoms with van der Waals surface area (Å²) in [4.78, 5) is 36.1. The number of nitro benzene ring substituents is 1. The molecule has 3 aromatic rings. The Morgan fingerprint density at radius 2 is 2.12 bits per heavy atom. The number of nitrogens with one attached hydrogen (secondary N) is 1. The van der Waals surface area contributed by atoms with Crippen LogP contribution in [0.3, 0.4) is 0 Å². The van der Waals surface area contributed by atoms with Crippen LogP contribution in [0.15, 0.2) is 42.9 Å². The molecule has 1 saturated heterocycles. The van der Waals surface area contributed by atoms with Crippen LogP contribution in [0.5, 0.6) is 0 Å². The number of carbonyl (C=O) groups is 1. The van der Waals surface area contributed by atoms with Gasteiger partial charge < -0.3 is 15.1 Å². The summed E-state index contributed by atoms with van der Waals surface area (Å²) >= 11 is 0. The van der Waals surface area contributed by atoms with Gasteiger partial charge in [0, 0.05) is 38.0 Å². The van der Waals surface area contributed by atoms with E-state index in [1.807, 2.05) is 6.20 Å². The second-order valence-corrected chi connectivity index (χ2v) is 7.94.